The first kappa shape index (κ1) is 19.2. The Morgan fingerprint density at radius 2 is 2.04 bits per heavy atom. The summed E-state index contributed by atoms with van der Waals surface area (Å²) in [7, 11) is 3.15. The van der Waals surface area contributed by atoms with E-state index in [1.54, 1.807) is 55.7 Å². The number of thioether (sulfide) groups is 1. The largest absolute Gasteiger partial charge is 0.493 e. The van der Waals surface area contributed by atoms with Crippen molar-refractivity contribution in [2.75, 3.05) is 20.0 Å². The van der Waals surface area contributed by atoms with Crippen LogP contribution < -0.4 is 14.9 Å². The maximum atomic E-state index is 11.9. The van der Waals surface area contributed by atoms with Crippen LogP contribution in [0.4, 0.5) is 0 Å². The van der Waals surface area contributed by atoms with Crippen LogP contribution in [0.1, 0.15) is 12.0 Å². The molecule has 1 aromatic heterocycles. The maximum Gasteiger partial charge on any atom is 0.240 e. The summed E-state index contributed by atoms with van der Waals surface area (Å²) in [5.74, 6) is 1.77. The van der Waals surface area contributed by atoms with Crippen molar-refractivity contribution in [3.05, 3.63) is 48.0 Å². The number of carbonyl (C=O) groups excluding carboxylic acids is 1. The van der Waals surface area contributed by atoms with E-state index in [2.05, 4.69) is 15.5 Å². The molecule has 0 radical (unpaired) electrons. The number of nitrogens with one attached hydrogen (secondary N) is 1. The summed E-state index contributed by atoms with van der Waals surface area (Å²) >= 11 is 3.22. The third-order valence-corrected chi connectivity index (χ3v) is 5.82. The molecular formula is C19H19N3O3S2. The molecule has 1 N–H and O–H groups in total. The van der Waals surface area contributed by atoms with Crippen molar-refractivity contribution in [1.29, 1.82) is 0 Å². The molecule has 0 atom stereocenters. The number of para-hydroxylation sites is 1. The van der Waals surface area contributed by atoms with Gasteiger partial charge in [-0.3, -0.25) is 4.79 Å². The highest BCUT2D eigenvalue weighted by Gasteiger charge is 2.06. The molecule has 0 spiro atoms. The number of hydrogen-bond acceptors (Lipinski definition) is 7. The molecule has 2 aromatic carbocycles. The van der Waals surface area contributed by atoms with Crippen LogP contribution in [0.25, 0.3) is 10.2 Å². The summed E-state index contributed by atoms with van der Waals surface area (Å²) in [4.78, 5) is 16.5. The standard InChI is InChI=1S/C19H19N3O3S2/c1-24-15-8-7-13(11-16(15)25-2)12-20-22-18(23)9-10-26-19-21-14-5-3-4-6-17(14)27-19/h3-8,11-12H,9-10H2,1-2H3,(H,22,23)/b20-12-. The number of fused-ring (bicyclic) bond motifs is 1. The Labute approximate surface area is 165 Å². The van der Waals surface area contributed by atoms with Crippen LogP contribution in [0.5, 0.6) is 11.5 Å². The zero-order valence-corrected chi connectivity index (χ0v) is 16.6. The van der Waals surface area contributed by atoms with Crippen molar-refractivity contribution in [2.45, 2.75) is 10.8 Å². The Hall–Kier alpha value is -2.58. The molecule has 6 nitrogen and oxygen atoms in total. The molecule has 3 aromatic rings. The van der Waals surface area contributed by atoms with Gasteiger partial charge in [0, 0.05) is 12.2 Å². The van der Waals surface area contributed by atoms with E-state index in [1.807, 2.05) is 30.3 Å². The first-order valence-electron chi connectivity index (χ1n) is 8.22. The Bertz CT molecular complexity index is 923. The van der Waals surface area contributed by atoms with Gasteiger partial charge in [0.1, 0.15) is 0 Å². The lowest BCUT2D eigenvalue weighted by Crippen LogP contribution is -2.17. The van der Waals surface area contributed by atoms with E-state index in [1.165, 1.54) is 0 Å². The second-order valence-electron chi connectivity index (χ2n) is 5.45. The van der Waals surface area contributed by atoms with Crippen LogP contribution in [0.3, 0.4) is 0 Å². The Balaban J connectivity index is 1.46. The lowest BCUT2D eigenvalue weighted by Gasteiger charge is -2.07. The van der Waals surface area contributed by atoms with Crippen LogP contribution in [0, 0.1) is 0 Å². The number of hydrogen-bond donors (Lipinski definition) is 1. The van der Waals surface area contributed by atoms with Crippen LogP contribution in [0.2, 0.25) is 0 Å². The second kappa shape index (κ2) is 9.38. The monoisotopic (exact) mass is 401 g/mol. The van der Waals surface area contributed by atoms with Crippen molar-refractivity contribution in [1.82, 2.24) is 10.4 Å². The third-order valence-electron chi connectivity index (χ3n) is 3.64. The number of aromatic nitrogens is 1. The molecule has 3 rings (SSSR count). The number of nitrogens with zero attached hydrogens (tertiary/aromatic N) is 2. The minimum atomic E-state index is -0.139. The van der Waals surface area contributed by atoms with Gasteiger partial charge in [-0.2, -0.15) is 5.10 Å². The number of rotatable bonds is 8. The van der Waals surface area contributed by atoms with Crippen molar-refractivity contribution in [2.24, 2.45) is 5.10 Å². The Morgan fingerprint density at radius 1 is 1.22 bits per heavy atom. The molecule has 27 heavy (non-hydrogen) atoms. The summed E-state index contributed by atoms with van der Waals surface area (Å²) in [6, 6.07) is 13.4. The van der Waals surface area contributed by atoms with E-state index < -0.39 is 0 Å². The van der Waals surface area contributed by atoms with Gasteiger partial charge >= 0.3 is 0 Å². The predicted octanol–water partition coefficient (Wildman–Crippen LogP) is 3.95. The minimum Gasteiger partial charge on any atom is -0.493 e. The molecule has 0 unspecified atom stereocenters. The van der Waals surface area contributed by atoms with Crippen molar-refractivity contribution in [3.8, 4) is 11.5 Å². The number of ether oxygens (including phenoxy) is 2. The van der Waals surface area contributed by atoms with E-state index in [9.17, 15) is 4.79 Å². The molecule has 1 heterocycles. The van der Waals surface area contributed by atoms with Gasteiger partial charge in [0.25, 0.3) is 0 Å². The molecular weight excluding hydrogens is 382 g/mol. The van der Waals surface area contributed by atoms with Gasteiger partial charge < -0.3 is 9.47 Å². The summed E-state index contributed by atoms with van der Waals surface area (Å²) in [6.07, 6.45) is 1.93. The van der Waals surface area contributed by atoms with E-state index >= 15 is 0 Å². The molecule has 0 saturated heterocycles. The molecule has 0 bridgehead atoms. The maximum absolute atomic E-state index is 11.9. The van der Waals surface area contributed by atoms with Gasteiger partial charge in [0.2, 0.25) is 5.91 Å². The number of carbonyl (C=O) groups is 1. The van der Waals surface area contributed by atoms with Crippen molar-refractivity contribution >= 4 is 45.4 Å². The Kier molecular flexibility index (Phi) is 6.67. The second-order valence-corrected chi connectivity index (χ2v) is 7.83. The molecule has 0 fully saturated rings. The smallest absolute Gasteiger partial charge is 0.240 e. The predicted molar refractivity (Wildman–Crippen MR) is 110 cm³/mol. The molecule has 8 heteroatoms. The average Bonchev–Trinajstić information content (AvgIpc) is 3.10. The highest BCUT2D eigenvalue weighted by Crippen LogP contribution is 2.29. The highest BCUT2D eigenvalue weighted by atomic mass is 32.2. The zero-order valence-electron chi connectivity index (χ0n) is 15.0. The fourth-order valence-corrected chi connectivity index (χ4v) is 4.39. The molecule has 1 amide bonds. The molecule has 0 aliphatic carbocycles. The number of benzene rings is 2. The van der Waals surface area contributed by atoms with Gasteiger partial charge in [0.15, 0.2) is 15.8 Å². The van der Waals surface area contributed by atoms with Crippen molar-refractivity contribution in [3.63, 3.8) is 0 Å². The Morgan fingerprint density at radius 3 is 2.81 bits per heavy atom. The third kappa shape index (κ3) is 5.21. The topological polar surface area (TPSA) is 72.8 Å². The summed E-state index contributed by atoms with van der Waals surface area (Å²) in [6.45, 7) is 0. The lowest BCUT2D eigenvalue weighted by atomic mass is 10.2. The molecule has 140 valence electrons. The number of hydrazone groups is 1. The zero-order chi connectivity index (χ0) is 19.1. The van der Waals surface area contributed by atoms with Crippen molar-refractivity contribution < 1.29 is 14.3 Å². The number of thiazole rings is 1. The summed E-state index contributed by atoms with van der Waals surface area (Å²) in [5, 5.41) is 3.99. The quantitative estimate of drug-likeness (QED) is 0.352. The van der Waals surface area contributed by atoms with E-state index in [4.69, 9.17) is 9.47 Å². The summed E-state index contributed by atoms with van der Waals surface area (Å²) < 4.78 is 12.6. The van der Waals surface area contributed by atoms with Gasteiger partial charge in [-0.25, -0.2) is 10.4 Å². The first-order chi connectivity index (χ1) is 13.2. The molecule has 0 aliphatic rings. The van der Waals surface area contributed by atoms with Crippen LogP contribution >= 0.6 is 23.1 Å². The van der Waals surface area contributed by atoms with Gasteiger partial charge in [0.05, 0.1) is 30.7 Å². The van der Waals surface area contributed by atoms with Crippen LogP contribution in [0.15, 0.2) is 51.9 Å². The molecule has 0 aliphatic heterocycles. The van der Waals surface area contributed by atoms with Gasteiger partial charge in [-0.15, -0.1) is 11.3 Å². The fourth-order valence-electron chi connectivity index (χ4n) is 2.31. The van der Waals surface area contributed by atoms with Crippen LogP contribution in [-0.2, 0) is 4.79 Å². The van der Waals surface area contributed by atoms with Gasteiger partial charge in [-0.05, 0) is 35.9 Å². The lowest BCUT2D eigenvalue weighted by molar-refractivity contribution is -0.120. The molecule has 0 saturated carbocycles. The SMILES string of the molecule is COc1ccc(/C=N\NC(=O)CCSc2nc3ccccc3s2)cc1OC. The fraction of sp³-hybridized carbons (Fsp3) is 0.211. The summed E-state index contributed by atoms with van der Waals surface area (Å²) in [5.41, 5.74) is 4.34. The highest BCUT2D eigenvalue weighted by molar-refractivity contribution is 8.01. The van der Waals surface area contributed by atoms with E-state index in [-0.39, 0.29) is 5.91 Å². The van der Waals surface area contributed by atoms with E-state index in [0.29, 0.717) is 23.7 Å². The first-order valence-corrected chi connectivity index (χ1v) is 10.0. The normalized spacial score (nSPS) is 11.0. The van der Waals surface area contributed by atoms with E-state index in [0.717, 1.165) is 20.1 Å². The average molecular weight is 402 g/mol. The number of amides is 1. The van der Waals surface area contributed by atoms with Crippen LogP contribution in [-0.4, -0.2) is 37.1 Å². The number of methoxy groups -OCH3 is 2. The minimum absolute atomic E-state index is 0.139. The van der Waals surface area contributed by atoms with Gasteiger partial charge in [-0.1, -0.05) is 23.9 Å².